The van der Waals surface area contributed by atoms with Crippen molar-refractivity contribution in [1.82, 2.24) is 0 Å². The summed E-state index contributed by atoms with van der Waals surface area (Å²) in [5.41, 5.74) is 5.45. The summed E-state index contributed by atoms with van der Waals surface area (Å²) in [5, 5.41) is 0. The molecule has 0 atom stereocenters. The zero-order valence-electron chi connectivity index (χ0n) is 12.1. The molecule has 0 unspecified atom stereocenters. The fourth-order valence-electron chi connectivity index (χ4n) is 2.58. The lowest BCUT2D eigenvalue weighted by Crippen LogP contribution is -2.37. The summed E-state index contributed by atoms with van der Waals surface area (Å²) in [5.74, 6) is -1.88. The van der Waals surface area contributed by atoms with Gasteiger partial charge < -0.3 is 5.73 Å². The number of hydrogen-bond donors (Lipinski definition) is 1. The molecule has 1 aliphatic heterocycles. The largest absolute Gasteiger partial charge is 0.331 e. The number of hydrogen-bond acceptors (Lipinski definition) is 3. The van der Waals surface area contributed by atoms with Gasteiger partial charge in [-0.2, -0.15) is 8.42 Å². The van der Waals surface area contributed by atoms with Crippen LogP contribution in [0.5, 0.6) is 0 Å². The van der Waals surface area contributed by atoms with E-state index in [2.05, 4.69) is 0 Å². The van der Waals surface area contributed by atoms with Crippen molar-refractivity contribution in [3.63, 3.8) is 0 Å². The zero-order chi connectivity index (χ0) is 16.6. The van der Waals surface area contributed by atoms with Crippen LogP contribution in [0.25, 0.3) is 0 Å². The first-order chi connectivity index (χ1) is 11.0. The molecular weight excluding hydrogens is 324 g/mol. The first-order valence-corrected chi connectivity index (χ1v) is 8.44. The van der Waals surface area contributed by atoms with E-state index in [0.29, 0.717) is 23.0 Å². The van der Waals surface area contributed by atoms with Crippen molar-refractivity contribution < 1.29 is 17.2 Å². The molecule has 1 heterocycles. The highest BCUT2D eigenvalue weighted by Gasteiger charge is 2.42. The summed E-state index contributed by atoms with van der Waals surface area (Å²) in [4.78, 5) is 0. The maximum Gasteiger partial charge on any atom is 0.331 e. The monoisotopic (exact) mass is 339 g/mol. The number of benzene rings is 2. The second-order valence-electron chi connectivity index (χ2n) is 5.05. The summed E-state index contributed by atoms with van der Waals surface area (Å²) in [6, 6.07) is 9.65. The van der Waals surface area contributed by atoms with Crippen LogP contribution in [0.15, 0.2) is 42.5 Å². The van der Waals surface area contributed by atoms with Gasteiger partial charge in [-0.15, -0.1) is 0 Å². The lowest BCUT2D eigenvalue weighted by atomic mass is 10.2. The van der Waals surface area contributed by atoms with Crippen LogP contribution >= 0.6 is 0 Å². The Kier molecular flexibility index (Phi) is 3.95. The van der Waals surface area contributed by atoms with Gasteiger partial charge in [0.25, 0.3) is 0 Å². The van der Waals surface area contributed by atoms with Crippen molar-refractivity contribution >= 4 is 27.3 Å². The third-order valence-electron chi connectivity index (χ3n) is 3.58. The van der Waals surface area contributed by atoms with E-state index >= 15 is 0 Å². The van der Waals surface area contributed by atoms with Gasteiger partial charge in [0.1, 0.15) is 5.69 Å². The molecule has 0 spiro atoms. The van der Waals surface area contributed by atoms with E-state index in [4.69, 9.17) is 5.73 Å². The van der Waals surface area contributed by atoms with Gasteiger partial charge in [-0.3, -0.25) is 4.31 Å². The molecule has 0 aliphatic carbocycles. The van der Waals surface area contributed by atoms with Crippen LogP contribution in [0, 0.1) is 11.6 Å². The molecule has 2 aromatic carbocycles. The van der Waals surface area contributed by atoms with Gasteiger partial charge in [0.05, 0.1) is 11.4 Å². The van der Waals surface area contributed by atoms with E-state index in [1.807, 2.05) is 0 Å². The molecule has 2 aromatic rings. The highest BCUT2D eigenvalue weighted by atomic mass is 32.2. The molecule has 5 nitrogen and oxygen atoms in total. The Morgan fingerprint density at radius 2 is 1.57 bits per heavy atom. The van der Waals surface area contributed by atoms with Gasteiger partial charge in [-0.25, -0.2) is 13.1 Å². The van der Waals surface area contributed by atoms with Gasteiger partial charge in [0.15, 0.2) is 11.6 Å². The third kappa shape index (κ3) is 2.43. The highest BCUT2D eigenvalue weighted by molar-refractivity contribution is 7.95. The topological polar surface area (TPSA) is 66.6 Å². The first kappa shape index (κ1) is 15.7. The molecule has 122 valence electrons. The van der Waals surface area contributed by atoms with Crippen LogP contribution in [0.1, 0.15) is 6.42 Å². The van der Waals surface area contributed by atoms with Crippen LogP contribution in [-0.4, -0.2) is 21.5 Å². The average Bonchev–Trinajstić information content (AvgIpc) is 2.73. The number of anilines is 3. The third-order valence-corrected chi connectivity index (χ3v) is 5.36. The minimum Gasteiger partial charge on any atom is -0.330 e. The molecule has 0 saturated heterocycles. The summed E-state index contributed by atoms with van der Waals surface area (Å²) >= 11 is 0. The lowest BCUT2D eigenvalue weighted by molar-refractivity contribution is 0.574. The minimum atomic E-state index is -4.13. The summed E-state index contributed by atoms with van der Waals surface area (Å²) in [6.07, 6.45) is 0.432. The molecular formula is C15H15F2N3O2S. The number of halogens is 2. The quantitative estimate of drug-likeness (QED) is 0.931. The standard InChI is InChI=1S/C15H15F2N3O2S/c16-11-5-3-6-12(17)15(11)20-14-8-2-1-7-13(14)19(10-4-9-18)23(20,21)22/h1-3,5-8H,4,9-10,18H2. The van der Waals surface area contributed by atoms with Crippen LogP contribution in [0.2, 0.25) is 0 Å². The van der Waals surface area contributed by atoms with Gasteiger partial charge in [-0.1, -0.05) is 18.2 Å². The fraction of sp³-hybridized carbons (Fsp3) is 0.200. The molecule has 0 amide bonds. The summed E-state index contributed by atoms with van der Waals surface area (Å²) < 4.78 is 55.8. The molecule has 0 radical (unpaired) electrons. The lowest BCUT2D eigenvalue weighted by Gasteiger charge is -2.22. The molecule has 0 fully saturated rings. The van der Waals surface area contributed by atoms with Crippen LogP contribution < -0.4 is 14.3 Å². The molecule has 0 aromatic heterocycles. The normalized spacial score (nSPS) is 15.8. The molecule has 0 saturated carbocycles. The van der Waals surface area contributed by atoms with Gasteiger partial charge in [0, 0.05) is 6.54 Å². The Bertz CT molecular complexity index is 822. The summed E-state index contributed by atoms with van der Waals surface area (Å²) in [6.45, 7) is 0.449. The van der Waals surface area contributed by atoms with Crippen molar-refractivity contribution in [3.8, 4) is 0 Å². The Morgan fingerprint density at radius 3 is 2.17 bits per heavy atom. The number of nitrogens with zero attached hydrogens (tertiary/aromatic N) is 2. The highest BCUT2D eigenvalue weighted by Crippen LogP contribution is 2.46. The van der Waals surface area contributed by atoms with Gasteiger partial charge >= 0.3 is 10.2 Å². The number of fused-ring (bicyclic) bond motifs is 1. The fourth-order valence-corrected chi connectivity index (χ4v) is 4.35. The van der Waals surface area contributed by atoms with Gasteiger partial charge in [0.2, 0.25) is 0 Å². The van der Waals surface area contributed by atoms with E-state index in [9.17, 15) is 17.2 Å². The Balaban J connectivity index is 2.22. The molecule has 2 N–H and O–H groups in total. The van der Waals surface area contributed by atoms with Crippen molar-refractivity contribution in [2.45, 2.75) is 6.42 Å². The van der Waals surface area contributed by atoms with E-state index in [0.717, 1.165) is 16.4 Å². The first-order valence-electron chi connectivity index (χ1n) is 7.04. The maximum atomic E-state index is 14.1. The molecule has 1 aliphatic rings. The minimum absolute atomic E-state index is 0.141. The Labute approximate surface area is 133 Å². The van der Waals surface area contributed by atoms with Crippen molar-refractivity contribution in [2.75, 3.05) is 21.7 Å². The molecule has 23 heavy (non-hydrogen) atoms. The van der Waals surface area contributed by atoms with Crippen molar-refractivity contribution in [1.29, 1.82) is 0 Å². The van der Waals surface area contributed by atoms with E-state index in [1.54, 1.807) is 18.2 Å². The molecule has 8 heteroatoms. The van der Waals surface area contributed by atoms with Crippen LogP contribution in [0.3, 0.4) is 0 Å². The predicted octanol–water partition coefficient (Wildman–Crippen LogP) is 2.52. The van der Waals surface area contributed by atoms with Crippen molar-refractivity contribution in [2.24, 2.45) is 5.73 Å². The molecule has 3 rings (SSSR count). The van der Waals surface area contributed by atoms with Crippen LogP contribution in [-0.2, 0) is 10.2 Å². The number of rotatable bonds is 4. The van der Waals surface area contributed by atoms with E-state index in [1.165, 1.54) is 12.1 Å². The van der Waals surface area contributed by atoms with Gasteiger partial charge in [-0.05, 0) is 37.2 Å². The average molecular weight is 339 g/mol. The number of para-hydroxylation sites is 3. The van der Waals surface area contributed by atoms with Crippen molar-refractivity contribution in [3.05, 3.63) is 54.1 Å². The molecule has 0 bridgehead atoms. The second-order valence-corrected chi connectivity index (χ2v) is 6.75. The summed E-state index contributed by atoms with van der Waals surface area (Å²) in [7, 11) is -4.13. The smallest absolute Gasteiger partial charge is 0.330 e. The predicted molar refractivity (Wildman–Crippen MR) is 84.9 cm³/mol. The van der Waals surface area contributed by atoms with E-state index in [-0.39, 0.29) is 12.2 Å². The Morgan fingerprint density at radius 1 is 0.957 bits per heavy atom. The van der Waals surface area contributed by atoms with E-state index < -0.39 is 27.5 Å². The maximum absolute atomic E-state index is 14.1. The number of nitrogens with two attached hydrogens (primary N) is 1. The second kappa shape index (κ2) is 5.78. The van der Waals surface area contributed by atoms with Crippen LogP contribution in [0.4, 0.5) is 25.8 Å². The Hall–Kier alpha value is -2.19. The zero-order valence-corrected chi connectivity index (χ0v) is 12.9. The SMILES string of the molecule is NCCCN1c2ccccc2N(c2c(F)cccc2F)S1(=O)=O.